The molecule has 3 rings (SSSR count). The van der Waals surface area contributed by atoms with Crippen molar-refractivity contribution in [3.05, 3.63) is 29.3 Å². The minimum Gasteiger partial charge on any atom is -0.481 e. The first-order chi connectivity index (χ1) is 10.2. The summed E-state index contributed by atoms with van der Waals surface area (Å²) in [7, 11) is 0. The van der Waals surface area contributed by atoms with Crippen molar-refractivity contribution in [3.63, 3.8) is 0 Å². The average molecular weight is 288 g/mol. The second-order valence-electron chi connectivity index (χ2n) is 6.18. The Morgan fingerprint density at radius 3 is 2.86 bits per heavy atom. The fraction of sp³-hybridized carbons (Fsp3) is 0.588. The molecule has 21 heavy (non-hydrogen) atoms. The quantitative estimate of drug-likeness (QED) is 0.894. The Hall–Kier alpha value is -1.55. The van der Waals surface area contributed by atoms with Crippen molar-refractivity contribution in [2.24, 2.45) is 5.92 Å². The maximum atomic E-state index is 11.8. The summed E-state index contributed by atoms with van der Waals surface area (Å²) >= 11 is 0. The number of hydrogen-bond donors (Lipinski definition) is 2. The van der Waals surface area contributed by atoms with E-state index in [4.69, 9.17) is 0 Å². The molecule has 0 saturated carbocycles. The van der Waals surface area contributed by atoms with Gasteiger partial charge in [-0.3, -0.25) is 4.79 Å². The molecule has 0 spiro atoms. The Bertz CT molecular complexity index is 522. The maximum absolute atomic E-state index is 11.8. The molecule has 1 aromatic carbocycles. The summed E-state index contributed by atoms with van der Waals surface area (Å²) in [6.45, 7) is 6.24. The molecule has 1 aromatic rings. The van der Waals surface area contributed by atoms with Gasteiger partial charge in [-0.2, -0.15) is 0 Å². The summed E-state index contributed by atoms with van der Waals surface area (Å²) in [5.41, 5.74) is 3.40. The van der Waals surface area contributed by atoms with Gasteiger partial charge in [0.25, 0.3) is 0 Å². The summed E-state index contributed by atoms with van der Waals surface area (Å²) in [6, 6.07) is 6.19. The van der Waals surface area contributed by atoms with E-state index in [-0.39, 0.29) is 11.8 Å². The Morgan fingerprint density at radius 2 is 2.19 bits per heavy atom. The highest BCUT2D eigenvalue weighted by atomic mass is 16.4. The molecule has 0 aliphatic carbocycles. The molecule has 2 aliphatic heterocycles. The lowest BCUT2D eigenvalue weighted by Crippen LogP contribution is -2.37. The van der Waals surface area contributed by atoms with Crippen molar-refractivity contribution in [2.45, 2.75) is 32.1 Å². The van der Waals surface area contributed by atoms with Crippen molar-refractivity contribution in [3.8, 4) is 0 Å². The van der Waals surface area contributed by atoms with Gasteiger partial charge in [0.2, 0.25) is 0 Å². The fourth-order valence-corrected chi connectivity index (χ4v) is 3.72. The number of carbonyl (C=O) groups is 1. The third-order valence-corrected chi connectivity index (χ3v) is 5.02. The molecular weight excluding hydrogens is 264 g/mol. The zero-order chi connectivity index (χ0) is 14.8. The molecule has 2 aliphatic rings. The summed E-state index contributed by atoms with van der Waals surface area (Å²) in [6.07, 6.45) is 3.01. The van der Waals surface area contributed by atoms with Gasteiger partial charge < -0.3 is 15.3 Å². The van der Waals surface area contributed by atoms with Crippen molar-refractivity contribution in [2.75, 3.05) is 31.5 Å². The van der Waals surface area contributed by atoms with E-state index in [1.807, 2.05) is 6.07 Å². The van der Waals surface area contributed by atoms with Gasteiger partial charge in [0.15, 0.2) is 0 Å². The first-order valence-corrected chi connectivity index (χ1v) is 8.01. The summed E-state index contributed by atoms with van der Waals surface area (Å²) < 4.78 is 0. The van der Waals surface area contributed by atoms with Crippen LogP contribution in [0.3, 0.4) is 0 Å². The molecule has 1 unspecified atom stereocenters. The van der Waals surface area contributed by atoms with Crippen molar-refractivity contribution in [1.82, 2.24) is 4.90 Å². The normalized spacial score (nSPS) is 20.8. The van der Waals surface area contributed by atoms with Crippen molar-refractivity contribution >= 4 is 11.7 Å². The summed E-state index contributed by atoms with van der Waals surface area (Å²) in [5.74, 6) is -0.788. The van der Waals surface area contributed by atoms with Crippen LogP contribution in [-0.4, -0.2) is 42.2 Å². The van der Waals surface area contributed by atoms with Crippen LogP contribution in [0.5, 0.6) is 0 Å². The number of hydrogen-bond acceptors (Lipinski definition) is 3. The fourth-order valence-electron chi connectivity index (χ4n) is 3.72. The molecule has 2 N–H and O–H groups in total. The van der Waals surface area contributed by atoms with E-state index in [0.717, 1.165) is 56.7 Å². The summed E-state index contributed by atoms with van der Waals surface area (Å²) in [4.78, 5) is 14.2. The van der Waals surface area contributed by atoms with E-state index in [1.165, 1.54) is 5.56 Å². The van der Waals surface area contributed by atoms with Crippen LogP contribution in [0.4, 0.5) is 5.69 Å². The summed E-state index contributed by atoms with van der Waals surface area (Å²) in [5, 5.41) is 13.1. The first-order valence-electron chi connectivity index (χ1n) is 8.01. The molecule has 114 valence electrons. The van der Waals surface area contributed by atoms with Crippen LogP contribution < -0.4 is 5.32 Å². The highest BCUT2D eigenvalue weighted by Crippen LogP contribution is 2.35. The van der Waals surface area contributed by atoms with E-state index < -0.39 is 5.97 Å². The first kappa shape index (κ1) is 14.4. The monoisotopic (exact) mass is 288 g/mol. The molecule has 2 heterocycles. The van der Waals surface area contributed by atoms with E-state index >= 15 is 0 Å². The standard InChI is InChI=1S/C17H24N2O2/c1-2-19-9-6-13(7-10-19)16(17(20)21)14-4-3-12-5-8-18-15(12)11-14/h3-4,11,13,16,18H,2,5-10H2,1H3,(H,20,21). The lowest BCUT2D eigenvalue weighted by Gasteiger charge is -2.34. The van der Waals surface area contributed by atoms with Gasteiger partial charge in [-0.15, -0.1) is 0 Å². The number of nitrogens with one attached hydrogen (secondary N) is 1. The number of likely N-dealkylation sites (tertiary alicyclic amines) is 1. The Balaban J connectivity index is 1.80. The molecule has 0 aromatic heterocycles. The number of rotatable bonds is 4. The molecule has 1 fully saturated rings. The number of aliphatic carboxylic acids is 1. The SMILES string of the molecule is CCN1CCC(C(C(=O)O)c2ccc3c(c2)NCC3)CC1. The molecule has 0 radical (unpaired) electrons. The zero-order valence-corrected chi connectivity index (χ0v) is 12.6. The predicted molar refractivity (Wildman–Crippen MR) is 83.9 cm³/mol. The second kappa shape index (κ2) is 6.06. The third-order valence-electron chi connectivity index (χ3n) is 5.02. The number of carboxylic acids is 1. The van der Waals surface area contributed by atoms with Crippen LogP contribution in [0.2, 0.25) is 0 Å². The van der Waals surface area contributed by atoms with Crippen LogP contribution in [0.15, 0.2) is 18.2 Å². The van der Waals surface area contributed by atoms with Gasteiger partial charge >= 0.3 is 5.97 Å². The molecule has 4 nitrogen and oxygen atoms in total. The minimum atomic E-state index is -0.678. The molecular formula is C17H24N2O2. The number of piperidine rings is 1. The zero-order valence-electron chi connectivity index (χ0n) is 12.6. The van der Waals surface area contributed by atoms with E-state index in [1.54, 1.807) is 0 Å². The van der Waals surface area contributed by atoms with Gasteiger partial charge in [0.1, 0.15) is 0 Å². The van der Waals surface area contributed by atoms with Crippen LogP contribution in [-0.2, 0) is 11.2 Å². The third kappa shape index (κ3) is 2.91. The smallest absolute Gasteiger partial charge is 0.311 e. The maximum Gasteiger partial charge on any atom is 0.311 e. The number of benzene rings is 1. The van der Waals surface area contributed by atoms with Crippen LogP contribution in [0, 0.1) is 5.92 Å². The lowest BCUT2D eigenvalue weighted by molar-refractivity contribution is -0.140. The van der Waals surface area contributed by atoms with Gasteiger partial charge in [0, 0.05) is 12.2 Å². The molecule has 0 bridgehead atoms. The van der Waals surface area contributed by atoms with Crippen molar-refractivity contribution < 1.29 is 9.90 Å². The number of carboxylic acid groups (broad SMARTS) is 1. The van der Waals surface area contributed by atoms with Gasteiger partial charge in [-0.05, 0) is 62.0 Å². The van der Waals surface area contributed by atoms with Gasteiger partial charge in [-0.25, -0.2) is 0 Å². The number of nitrogens with zero attached hydrogens (tertiary/aromatic N) is 1. The Labute approximate surface area is 126 Å². The molecule has 1 saturated heterocycles. The largest absolute Gasteiger partial charge is 0.481 e. The van der Waals surface area contributed by atoms with E-state index in [9.17, 15) is 9.90 Å². The Morgan fingerprint density at radius 1 is 1.43 bits per heavy atom. The predicted octanol–water partition coefficient (Wildman–Crippen LogP) is 2.55. The topological polar surface area (TPSA) is 52.6 Å². The molecule has 1 atom stereocenters. The van der Waals surface area contributed by atoms with Crippen molar-refractivity contribution in [1.29, 1.82) is 0 Å². The van der Waals surface area contributed by atoms with E-state index in [2.05, 4.69) is 29.3 Å². The van der Waals surface area contributed by atoms with Crippen LogP contribution in [0.25, 0.3) is 0 Å². The van der Waals surface area contributed by atoms with Gasteiger partial charge in [0.05, 0.1) is 5.92 Å². The highest BCUT2D eigenvalue weighted by molar-refractivity contribution is 5.77. The average Bonchev–Trinajstić information content (AvgIpc) is 2.95. The van der Waals surface area contributed by atoms with E-state index in [0.29, 0.717) is 0 Å². The highest BCUT2D eigenvalue weighted by Gasteiger charge is 2.32. The minimum absolute atomic E-state index is 0.254. The number of anilines is 1. The molecule has 0 amide bonds. The molecule has 4 heteroatoms. The van der Waals surface area contributed by atoms with Crippen LogP contribution >= 0.6 is 0 Å². The van der Waals surface area contributed by atoms with Gasteiger partial charge in [-0.1, -0.05) is 19.1 Å². The number of fused-ring (bicyclic) bond motifs is 1. The Kier molecular flexibility index (Phi) is 4.15. The lowest BCUT2D eigenvalue weighted by atomic mass is 9.79. The second-order valence-corrected chi connectivity index (χ2v) is 6.18. The van der Waals surface area contributed by atoms with Crippen LogP contribution in [0.1, 0.15) is 36.8 Å².